The molecule has 0 aliphatic carbocycles. The van der Waals surface area contributed by atoms with Crippen LogP contribution in [0.2, 0.25) is 0 Å². The third-order valence-electron chi connectivity index (χ3n) is 1.35. The molecule has 0 heterocycles. The van der Waals surface area contributed by atoms with Crippen molar-refractivity contribution in [2.75, 3.05) is 0 Å². The largest absolute Gasteiger partial charge is 0.456 e. The number of hydrogen-bond donors (Lipinski definition) is 0. The van der Waals surface area contributed by atoms with Crippen molar-refractivity contribution in [1.29, 1.82) is 0 Å². The summed E-state index contributed by atoms with van der Waals surface area (Å²) in [5, 5.41) is 0. The smallest absolute Gasteiger partial charge is 0.338 e. The van der Waals surface area contributed by atoms with E-state index >= 15 is 0 Å². The lowest BCUT2D eigenvalue weighted by atomic mass is 10.2. The summed E-state index contributed by atoms with van der Waals surface area (Å²) in [5.41, 5.74) is 0.00686. The lowest BCUT2D eigenvalue weighted by molar-refractivity contribution is 0.00696. The number of rotatable bonds is 1. The predicted molar refractivity (Wildman–Crippen MR) is 51.6 cm³/mol. The molecule has 0 amide bonds. The van der Waals surface area contributed by atoms with Gasteiger partial charge in [-0.05, 0) is 32.9 Å². The molecular weight excluding hydrogens is 164 g/mol. The van der Waals surface area contributed by atoms with Crippen molar-refractivity contribution in [3.05, 3.63) is 35.9 Å². The van der Waals surface area contributed by atoms with Crippen molar-refractivity contribution < 1.29 is 10.9 Å². The molecule has 2 nitrogen and oxygen atoms in total. The van der Waals surface area contributed by atoms with E-state index in [1.165, 1.54) is 0 Å². The van der Waals surface area contributed by atoms with Gasteiger partial charge in [-0.15, -0.1) is 0 Å². The Morgan fingerprint density at radius 3 is 2.38 bits per heavy atom. The molecule has 0 unspecified atom stereocenters. The average molecular weight is 179 g/mol. The fourth-order valence-corrected chi connectivity index (χ4v) is 0.860. The second-order valence-electron chi connectivity index (χ2n) is 3.79. The van der Waals surface area contributed by atoms with Crippen LogP contribution in [0.4, 0.5) is 0 Å². The molecule has 0 bridgehead atoms. The zero-order valence-electron chi connectivity index (χ0n) is 9.13. The van der Waals surface area contributed by atoms with Gasteiger partial charge in [-0.25, -0.2) is 4.79 Å². The van der Waals surface area contributed by atoms with E-state index in [0.29, 0.717) is 11.6 Å². The van der Waals surface area contributed by atoms with Gasteiger partial charge in [0.05, 0.1) is 6.93 Å². The van der Waals surface area contributed by atoms with Crippen LogP contribution in [0, 0.1) is 0 Å². The van der Waals surface area contributed by atoms with Gasteiger partial charge in [0.2, 0.25) is 0 Å². The summed E-state index contributed by atoms with van der Waals surface area (Å²) in [6, 6.07) is 6.71. The van der Waals surface area contributed by atoms with Crippen molar-refractivity contribution in [3.8, 4) is 0 Å². The van der Waals surface area contributed by atoms with Crippen molar-refractivity contribution in [3.63, 3.8) is 0 Å². The van der Waals surface area contributed by atoms with Crippen LogP contribution < -0.4 is 0 Å². The van der Waals surface area contributed by atoms with Crippen LogP contribution in [0.25, 0.3) is 0 Å². The van der Waals surface area contributed by atoms with Crippen molar-refractivity contribution in [1.82, 2.24) is 0 Å². The predicted octanol–water partition coefficient (Wildman–Crippen LogP) is 2.64. The van der Waals surface area contributed by atoms with Crippen LogP contribution in [0.5, 0.6) is 0 Å². The summed E-state index contributed by atoms with van der Waals surface area (Å²) in [7, 11) is 0. The van der Waals surface area contributed by atoms with Gasteiger partial charge in [-0.2, -0.15) is 0 Å². The summed E-state index contributed by atoms with van der Waals surface area (Å²) in [5.74, 6) is -0.350. The molecule has 0 spiro atoms. The second-order valence-corrected chi connectivity index (χ2v) is 3.79. The van der Waals surface area contributed by atoms with Crippen LogP contribution in [-0.4, -0.2) is 11.6 Å². The Balaban J connectivity index is 2.76. The van der Waals surface area contributed by atoms with Crippen LogP contribution >= 0.6 is 0 Å². The van der Waals surface area contributed by atoms with Crippen molar-refractivity contribution >= 4 is 5.97 Å². The normalized spacial score (nSPS) is 12.1. The van der Waals surface area contributed by atoms with Gasteiger partial charge in [0.15, 0.2) is 0 Å². The number of carbonyl (C=O) groups is 1. The van der Waals surface area contributed by atoms with E-state index in [4.69, 9.17) is 6.11 Å². The summed E-state index contributed by atoms with van der Waals surface area (Å²) in [6.45, 7) is 5.47. The minimum Gasteiger partial charge on any atom is -0.456 e. The quantitative estimate of drug-likeness (QED) is 0.619. The molecule has 1 rings (SSSR count). The van der Waals surface area contributed by atoms with Crippen LogP contribution in [0.3, 0.4) is 0 Å². The van der Waals surface area contributed by atoms with Gasteiger partial charge in [-0.1, -0.05) is 18.2 Å². The number of carbonyl (C=O) groups excluding carboxylic acids is 1. The molecule has 0 atom stereocenters. The lowest BCUT2D eigenvalue weighted by Crippen LogP contribution is -2.23. The molecule has 2 heteroatoms. The molecular formula is C11H14O2. The van der Waals surface area contributed by atoms with E-state index in [0.717, 1.165) is 0 Å². The maximum atomic E-state index is 11.5. The van der Waals surface area contributed by atoms with E-state index in [9.17, 15) is 4.79 Å². The molecule has 0 aromatic heterocycles. The highest BCUT2D eigenvalue weighted by Crippen LogP contribution is 2.11. The van der Waals surface area contributed by atoms with Gasteiger partial charge in [-0.3, -0.25) is 0 Å². The van der Waals surface area contributed by atoms with Crippen LogP contribution in [0.15, 0.2) is 30.3 Å². The zero-order valence-corrected chi connectivity index (χ0v) is 8.13. The Morgan fingerprint density at radius 2 is 1.92 bits per heavy atom. The molecule has 0 saturated carbocycles. The first-order chi connectivity index (χ1) is 6.38. The highest BCUT2D eigenvalue weighted by Gasteiger charge is 2.16. The summed E-state index contributed by atoms with van der Waals surface area (Å²) in [6.07, 6.45) is 0. The van der Waals surface area contributed by atoms with E-state index in [1.807, 2.05) is 20.8 Å². The van der Waals surface area contributed by atoms with E-state index < -0.39 is 5.60 Å². The van der Waals surface area contributed by atoms with E-state index in [-0.39, 0.29) is 5.97 Å². The van der Waals surface area contributed by atoms with Crippen molar-refractivity contribution in [2.45, 2.75) is 26.4 Å². The summed E-state index contributed by atoms with van der Waals surface area (Å²) < 4.78 is 12.4. The van der Waals surface area contributed by atoms with Crippen LogP contribution in [-0.2, 0) is 4.74 Å². The summed E-state index contributed by atoms with van der Waals surface area (Å²) in [4.78, 5) is 11.5. The Morgan fingerprint density at radius 1 is 1.38 bits per heavy atom. The maximum absolute atomic E-state index is 11.5. The standard InChI is InChI=1S/C11H14O2/c1-11(2,3)13-10(12)9-7-5-4-6-8-9/h4-8H,1-3H3/i4D. The molecule has 0 N–H and O–H groups in total. The van der Waals surface area contributed by atoms with Gasteiger partial charge in [0.25, 0.3) is 0 Å². The molecule has 0 saturated heterocycles. The molecule has 0 radical (unpaired) electrons. The molecule has 0 fully saturated rings. The lowest BCUT2D eigenvalue weighted by Gasteiger charge is -2.19. The Labute approximate surface area is 79.9 Å². The van der Waals surface area contributed by atoms with Gasteiger partial charge < -0.3 is 4.74 Å². The minimum atomic E-state index is -0.475. The monoisotopic (exact) mass is 179 g/mol. The van der Waals surface area contributed by atoms with E-state index in [2.05, 4.69) is 0 Å². The second kappa shape index (κ2) is 3.60. The Bertz CT molecular complexity index is 322. The molecule has 70 valence electrons. The topological polar surface area (TPSA) is 26.3 Å². The third-order valence-corrected chi connectivity index (χ3v) is 1.35. The number of esters is 1. The zero-order chi connectivity index (χ0) is 10.8. The molecule has 13 heavy (non-hydrogen) atoms. The fourth-order valence-electron chi connectivity index (χ4n) is 0.860. The fraction of sp³-hybridized carbons (Fsp3) is 0.364. The molecule has 1 aromatic carbocycles. The Hall–Kier alpha value is -1.31. The summed E-state index contributed by atoms with van der Waals surface area (Å²) >= 11 is 0. The maximum Gasteiger partial charge on any atom is 0.338 e. The highest BCUT2D eigenvalue weighted by atomic mass is 16.6. The third kappa shape index (κ3) is 3.28. The minimum absolute atomic E-state index is 0.350. The first kappa shape index (κ1) is 8.30. The number of hydrogen-bond acceptors (Lipinski definition) is 2. The number of benzene rings is 1. The molecule has 0 aliphatic heterocycles. The SMILES string of the molecule is [2H]c1ccc(C(=O)OC(C)(C)C)cc1. The van der Waals surface area contributed by atoms with Crippen LogP contribution in [0.1, 0.15) is 32.5 Å². The first-order valence-corrected chi connectivity index (χ1v) is 4.18. The molecule has 1 aromatic rings. The van der Waals surface area contributed by atoms with E-state index in [1.54, 1.807) is 24.3 Å². The van der Waals surface area contributed by atoms with Gasteiger partial charge >= 0.3 is 5.97 Å². The first-order valence-electron chi connectivity index (χ1n) is 4.68. The Kier molecular flexibility index (Phi) is 2.30. The van der Waals surface area contributed by atoms with Gasteiger partial charge in [0, 0.05) is 0 Å². The van der Waals surface area contributed by atoms with Gasteiger partial charge in [0.1, 0.15) is 5.60 Å². The van der Waals surface area contributed by atoms with Crippen molar-refractivity contribution in [2.24, 2.45) is 0 Å². The number of ether oxygens (including phenoxy) is 1. The molecule has 0 aliphatic rings. The highest BCUT2D eigenvalue weighted by molar-refractivity contribution is 5.89. The average Bonchev–Trinajstić information content (AvgIpc) is 2.02.